The predicted octanol–water partition coefficient (Wildman–Crippen LogP) is 1.48. The summed E-state index contributed by atoms with van der Waals surface area (Å²) >= 11 is 0. The Kier molecular flexibility index (Phi) is 2.93. The maximum absolute atomic E-state index is 5.34. The number of aryl methyl sites for hydroxylation is 1. The highest BCUT2D eigenvalue weighted by molar-refractivity contribution is 5.45. The topological polar surface area (TPSA) is 30.9 Å². The van der Waals surface area contributed by atoms with Crippen molar-refractivity contribution in [2.75, 3.05) is 6.54 Å². The summed E-state index contributed by atoms with van der Waals surface area (Å²) in [4.78, 5) is 0. The molecule has 0 aliphatic carbocycles. The van der Waals surface area contributed by atoms with E-state index in [9.17, 15) is 0 Å². The molecule has 0 radical (unpaired) electrons. The Bertz CT molecular complexity index is 235. The summed E-state index contributed by atoms with van der Waals surface area (Å²) < 4.78 is 2.17. The second-order valence-electron chi connectivity index (χ2n) is 2.36. The van der Waals surface area contributed by atoms with Crippen LogP contribution in [0.1, 0.15) is 12.6 Å². The average Bonchev–Trinajstić information content (AvgIpc) is 2.47. The normalized spacial score (nSPS) is 11.1. The lowest BCUT2D eigenvalue weighted by atomic mass is 10.4. The molecular weight excluding hydrogens is 136 g/mol. The van der Waals surface area contributed by atoms with E-state index < -0.39 is 0 Å². The standard InChI is InChI=1S/C9H14N2/c1-2-11-8-4-6-9(11)5-3-7-10/h3-6,8H,2,7,10H2,1H3. The van der Waals surface area contributed by atoms with Crippen LogP contribution in [0.2, 0.25) is 0 Å². The number of nitrogens with zero attached hydrogens (tertiary/aromatic N) is 1. The molecule has 0 unspecified atom stereocenters. The lowest BCUT2D eigenvalue weighted by molar-refractivity contribution is 0.761. The van der Waals surface area contributed by atoms with Crippen LogP contribution in [-0.4, -0.2) is 11.1 Å². The van der Waals surface area contributed by atoms with Crippen molar-refractivity contribution in [3.05, 3.63) is 30.1 Å². The van der Waals surface area contributed by atoms with Gasteiger partial charge >= 0.3 is 0 Å². The molecule has 1 aromatic rings. The first-order chi connectivity index (χ1) is 5.38. The molecule has 2 N–H and O–H groups in total. The van der Waals surface area contributed by atoms with Crippen LogP contribution in [0.15, 0.2) is 24.4 Å². The van der Waals surface area contributed by atoms with Crippen LogP contribution in [0.3, 0.4) is 0 Å². The molecule has 0 bridgehead atoms. The molecule has 0 amide bonds. The Morgan fingerprint density at radius 2 is 2.45 bits per heavy atom. The fourth-order valence-electron chi connectivity index (χ4n) is 1.06. The van der Waals surface area contributed by atoms with E-state index in [1.807, 2.05) is 18.2 Å². The van der Waals surface area contributed by atoms with E-state index in [0.717, 1.165) is 6.54 Å². The average molecular weight is 150 g/mol. The SMILES string of the molecule is CCn1cccc1C=CCN. The van der Waals surface area contributed by atoms with Crippen molar-refractivity contribution in [3.8, 4) is 0 Å². The second kappa shape index (κ2) is 3.98. The first kappa shape index (κ1) is 8.08. The molecule has 0 fully saturated rings. The monoisotopic (exact) mass is 150 g/mol. The minimum atomic E-state index is 0.606. The molecule has 0 saturated carbocycles. The smallest absolute Gasteiger partial charge is 0.0403 e. The molecule has 1 heterocycles. The van der Waals surface area contributed by atoms with Gasteiger partial charge in [-0.2, -0.15) is 0 Å². The molecule has 1 aromatic heterocycles. The van der Waals surface area contributed by atoms with E-state index in [1.54, 1.807) is 0 Å². The minimum Gasteiger partial charge on any atom is -0.348 e. The molecule has 0 aliphatic heterocycles. The van der Waals surface area contributed by atoms with Crippen LogP contribution in [0.25, 0.3) is 6.08 Å². The third-order valence-electron chi connectivity index (χ3n) is 1.63. The van der Waals surface area contributed by atoms with E-state index in [2.05, 4.69) is 23.8 Å². The molecule has 2 heteroatoms. The quantitative estimate of drug-likeness (QED) is 0.695. The van der Waals surface area contributed by atoms with E-state index in [-0.39, 0.29) is 0 Å². The Morgan fingerprint density at radius 1 is 1.64 bits per heavy atom. The van der Waals surface area contributed by atoms with Gasteiger partial charge in [-0.15, -0.1) is 0 Å². The zero-order valence-corrected chi connectivity index (χ0v) is 6.83. The van der Waals surface area contributed by atoms with Crippen molar-refractivity contribution in [3.63, 3.8) is 0 Å². The van der Waals surface area contributed by atoms with Crippen LogP contribution in [0, 0.1) is 0 Å². The highest BCUT2D eigenvalue weighted by Crippen LogP contribution is 2.03. The molecule has 0 spiro atoms. The van der Waals surface area contributed by atoms with Crippen molar-refractivity contribution >= 4 is 6.08 Å². The van der Waals surface area contributed by atoms with Crippen molar-refractivity contribution in [2.24, 2.45) is 5.73 Å². The second-order valence-corrected chi connectivity index (χ2v) is 2.36. The summed E-state index contributed by atoms with van der Waals surface area (Å²) in [6, 6.07) is 4.12. The third kappa shape index (κ3) is 1.95. The summed E-state index contributed by atoms with van der Waals surface area (Å²) in [6.45, 7) is 3.74. The highest BCUT2D eigenvalue weighted by atomic mass is 14.9. The number of nitrogens with two attached hydrogens (primary N) is 1. The molecular formula is C9H14N2. The first-order valence-corrected chi connectivity index (χ1v) is 3.90. The van der Waals surface area contributed by atoms with Crippen LogP contribution in [-0.2, 0) is 6.54 Å². The predicted molar refractivity (Wildman–Crippen MR) is 48.2 cm³/mol. The largest absolute Gasteiger partial charge is 0.348 e. The van der Waals surface area contributed by atoms with Crippen LogP contribution < -0.4 is 5.73 Å². The van der Waals surface area contributed by atoms with Gasteiger partial charge in [-0.25, -0.2) is 0 Å². The molecule has 1 rings (SSSR count). The zero-order valence-electron chi connectivity index (χ0n) is 6.83. The summed E-state index contributed by atoms with van der Waals surface area (Å²) in [5.74, 6) is 0. The molecule has 11 heavy (non-hydrogen) atoms. The van der Waals surface area contributed by atoms with Gasteiger partial charge in [-0.1, -0.05) is 6.08 Å². The Hall–Kier alpha value is -1.02. The zero-order chi connectivity index (χ0) is 8.10. The molecule has 0 saturated heterocycles. The maximum Gasteiger partial charge on any atom is 0.0403 e. The Morgan fingerprint density at radius 3 is 3.09 bits per heavy atom. The summed E-state index contributed by atoms with van der Waals surface area (Å²) in [5.41, 5.74) is 6.56. The first-order valence-electron chi connectivity index (χ1n) is 3.90. The summed E-state index contributed by atoms with van der Waals surface area (Å²) in [5, 5.41) is 0. The third-order valence-corrected chi connectivity index (χ3v) is 1.63. The molecule has 0 aromatic carbocycles. The molecule has 0 aliphatic rings. The van der Waals surface area contributed by atoms with Gasteiger partial charge in [0.05, 0.1) is 0 Å². The van der Waals surface area contributed by atoms with Crippen molar-refractivity contribution < 1.29 is 0 Å². The summed E-state index contributed by atoms with van der Waals surface area (Å²) in [6.07, 6.45) is 6.07. The van der Waals surface area contributed by atoms with Crippen LogP contribution >= 0.6 is 0 Å². The Labute approximate surface area is 67.3 Å². The lowest BCUT2D eigenvalue weighted by Gasteiger charge is -1.99. The van der Waals surface area contributed by atoms with Crippen LogP contribution in [0.4, 0.5) is 0 Å². The van der Waals surface area contributed by atoms with Gasteiger partial charge in [0.1, 0.15) is 0 Å². The number of hydrogen-bond acceptors (Lipinski definition) is 1. The van der Waals surface area contributed by atoms with Gasteiger partial charge in [0.2, 0.25) is 0 Å². The molecule has 2 nitrogen and oxygen atoms in total. The van der Waals surface area contributed by atoms with E-state index in [4.69, 9.17) is 5.73 Å². The highest BCUT2D eigenvalue weighted by Gasteiger charge is 1.91. The number of aromatic nitrogens is 1. The van der Waals surface area contributed by atoms with E-state index in [0.29, 0.717) is 6.54 Å². The molecule has 60 valence electrons. The fourth-order valence-corrected chi connectivity index (χ4v) is 1.06. The fraction of sp³-hybridized carbons (Fsp3) is 0.333. The van der Waals surface area contributed by atoms with Gasteiger partial charge in [-0.05, 0) is 25.1 Å². The minimum absolute atomic E-state index is 0.606. The van der Waals surface area contributed by atoms with Crippen molar-refractivity contribution in [1.82, 2.24) is 4.57 Å². The van der Waals surface area contributed by atoms with Crippen molar-refractivity contribution in [2.45, 2.75) is 13.5 Å². The van der Waals surface area contributed by atoms with E-state index in [1.165, 1.54) is 5.69 Å². The molecule has 0 atom stereocenters. The number of hydrogen-bond donors (Lipinski definition) is 1. The summed E-state index contributed by atoms with van der Waals surface area (Å²) in [7, 11) is 0. The maximum atomic E-state index is 5.34. The van der Waals surface area contributed by atoms with Gasteiger partial charge in [0.15, 0.2) is 0 Å². The van der Waals surface area contributed by atoms with Gasteiger partial charge in [-0.3, -0.25) is 0 Å². The van der Waals surface area contributed by atoms with Crippen molar-refractivity contribution in [1.29, 1.82) is 0 Å². The lowest BCUT2D eigenvalue weighted by Crippen LogP contribution is -1.96. The van der Waals surface area contributed by atoms with E-state index >= 15 is 0 Å². The van der Waals surface area contributed by atoms with Gasteiger partial charge in [0, 0.05) is 25.0 Å². The van der Waals surface area contributed by atoms with Crippen LogP contribution in [0.5, 0.6) is 0 Å². The number of rotatable bonds is 3. The van der Waals surface area contributed by atoms with Gasteiger partial charge < -0.3 is 10.3 Å². The van der Waals surface area contributed by atoms with Gasteiger partial charge in [0.25, 0.3) is 0 Å². The Balaban J connectivity index is 2.76.